The molecule has 0 bridgehead atoms. The molecule has 164 valence electrons. The first-order valence-corrected chi connectivity index (χ1v) is 10.2. The fourth-order valence-electron chi connectivity index (χ4n) is 3.48. The number of hydrogen-bond acceptors (Lipinski definition) is 5. The molecule has 0 spiro atoms. The molecule has 1 saturated heterocycles. The monoisotopic (exact) mass is 424 g/mol. The van der Waals surface area contributed by atoms with E-state index >= 15 is 0 Å². The Hall–Kier alpha value is -3.48. The van der Waals surface area contributed by atoms with Crippen molar-refractivity contribution >= 4 is 17.9 Å². The summed E-state index contributed by atoms with van der Waals surface area (Å²) in [4.78, 5) is 26.9. The van der Waals surface area contributed by atoms with Crippen molar-refractivity contribution in [2.75, 3.05) is 34.4 Å². The van der Waals surface area contributed by atoms with E-state index in [1.165, 1.54) is 7.11 Å². The number of benzene rings is 2. The van der Waals surface area contributed by atoms with Crippen molar-refractivity contribution in [2.45, 2.75) is 18.9 Å². The van der Waals surface area contributed by atoms with Crippen molar-refractivity contribution in [3.8, 4) is 17.2 Å². The van der Waals surface area contributed by atoms with Gasteiger partial charge in [-0.3, -0.25) is 9.59 Å². The predicted octanol–water partition coefficient (Wildman–Crippen LogP) is 3.15. The standard InChI is InChI=1S/C24H28N2O5/c1-29-20-8-4-17(5-9-20)6-11-23(27)26-14-12-19(13-15-26)25-24(28)18-7-10-21(30-2)22(16-18)31-3/h4-11,16,19H,12-15H2,1-3H3,(H,25,28)/b11-6+. The van der Waals surface area contributed by atoms with Crippen molar-refractivity contribution in [1.29, 1.82) is 0 Å². The van der Waals surface area contributed by atoms with E-state index in [1.54, 1.807) is 49.5 Å². The van der Waals surface area contributed by atoms with E-state index < -0.39 is 0 Å². The van der Waals surface area contributed by atoms with Gasteiger partial charge < -0.3 is 24.4 Å². The molecule has 1 N–H and O–H groups in total. The molecular formula is C24H28N2O5. The highest BCUT2D eigenvalue weighted by atomic mass is 16.5. The smallest absolute Gasteiger partial charge is 0.251 e. The predicted molar refractivity (Wildman–Crippen MR) is 119 cm³/mol. The van der Waals surface area contributed by atoms with Crippen LogP contribution >= 0.6 is 0 Å². The van der Waals surface area contributed by atoms with Crippen LogP contribution in [0.15, 0.2) is 48.5 Å². The van der Waals surface area contributed by atoms with Crippen LogP contribution in [-0.2, 0) is 4.79 Å². The molecule has 7 nitrogen and oxygen atoms in total. The van der Waals surface area contributed by atoms with E-state index in [0.717, 1.165) is 11.3 Å². The lowest BCUT2D eigenvalue weighted by Gasteiger charge is -2.31. The topological polar surface area (TPSA) is 77.1 Å². The van der Waals surface area contributed by atoms with Gasteiger partial charge in [0.1, 0.15) is 5.75 Å². The third-order valence-corrected chi connectivity index (χ3v) is 5.32. The number of piperidine rings is 1. The minimum absolute atomic E-state index is 0.0233. The van der Waals surface area contributed by atoms with Crippen molar-refractivity contribution in [3.63, 3.8) is 0 Å². The number of amides is 2. The van der Waals surface area contributed by atoms with Gasteiger partial charge in [0.05, 0.1) is 21.3 Å². The van der Waals surface area contributed by atoms with E-state index in [1.807, 2.05) is 24.3 Å². The lowest BCUT2D eigenvalue weighted by Crippen LogP contribution is -2.46. The first-order valence-electron chi connectivity index (χ1n) is 10.2. The van der Waals surface area contributed by atoms with Crippen LogP contribution in [0.3, 0.4) is 0 Å². The third kappa shape index (κ3) is 5.78. The van der Waals surface area contributed by atoms with E-state index in [4.69, 9.17) is 14.2 Å². The van der Waals surface area contributed by atoms with Gasteiger partial charge in [-0.15, -0.1) is 0 Å². The largest absolute Gasteiger partial charge is 0.497 e. The summed E-state index contributed by atoms with van der Waals surface area (Å²) in [6.45, 7) is 1.20. The Bertz CT molecular complexity index is 931. The van der Waals surface area contributed by atoms with Crippen LogP contribution in [0.1, 0.15) is 28.8 Å². The Morgan fingerprint density at radius 2 is 1.61 bits per heavy atom. The average molecular weight is 424 g/mol. The summed E-state index contributed by atoms with van der Waals surface area (Å²) in [6.07, 6.45) is 4.80. The molecule has 0 aliphatic carbocycles. The number of carbonyl (C=O) groups excluding carboxylic acids is 2. The zero-order valence-corrected chi connectivity index (χ0v) is 18.1. The second-order valence-corrected chi connectivity index (χ2v) is 7.25. The normalized spacial score (nSPS) is 14.4. The molecule has 1 aliphatic rings. The van der Waals surface area contributed by atoms with Crippen LogP contribution in [0.5, 0.6) is 17.2 Å². The van der Waals surface area contributed by atoms with Gasteiger partial charge in [0, 0.05) is 30.8 Å². The Balaban J connectivity index is 1.50. The Morgan fingerprint density at radius 1 is 0.935 bits per heavy atom. The minimum Gasteiger partial charge on any atom is -0.497 e. The molecule has 2 aromatic rings. The second kappa shape index (κ2) is 10.5. The van der Waals surface area contributed by atoms with Crippen molar-refractivity contribution in [1.82, 2.24) is 10.2 Å². The number of rotatable bonds is 7. The summed E-state index contributed by atoms with van der Waals surface area (Å²) < 4.78 is 15.6. The van der Waals surface area contributed by atoms with Gasteiger partial charge in [-0.1, -0.05) is 12.1 Å². The van der Waals surface area contributed by atoms with E-state index in [-0.39, 0.29) is 17.9 Å². The zero-order chi connectivity index (χ0) is 22.2. The highest BCUT2D eigenvalue weighted by Gasteiger charge is 2.23. The maximum atomic E-state index is 12.6. The summed E-state index contributed by atoms with van der Waals surface area (Å²) in [6, 6.07) is 12.6. The molecule has 2 aromatic carbocycles. The van der Waals surface area contributed by atoms with Crippen molar-refractivity contribution < 1.29 is 23.8 Å². The lowest BCUT2D eigenvalue weighted by molar-refractivity contribution is -0.126. The number of methoxy groups -OCH3 is 3. The van der Waals surface area contributed by atoms with Gasteiger partial charge in [0.2, 0.25) is 5.91 Å². The average Bonchev–Trinajstić information content (AvgIpc) is 2.82. The van der Waals surface area contributed by atoms with Crippen LogP contribution in [-0.4, -0.2) is 57.2 Å². The van der Waals surface area contributed by atoms with Crippen LogP contribution in [0.25, 0.3) is 6.08 Å². The number of carbonyl (C=O) groups is 2. The molecule has 2 amide bonds. The van der Waals surface area contributed by atoms with Crippen LogP contribution < -0.4 is 19.5 Å². The molecule has 7 heteroatoms. The number of ether oxygens (including phenoxy) is 3. The molecule has 0 atom stereocenters. The molecule has 0 unspecified atom stereocenters. The number of nitrogens with zero attached hydrogens (tertiary/aromatic N) is 1. The number of hydrogen-bond donors (Lipinski definition) is 1. The van der Waals surface area contributed by atoms with Gasteiger partial charge >= 0.3 is 0 Å². The molecule has 31 heavy (non-hydrogen) atoms. The van der Waals surface area contributed by atoms with Crippen LogP contribution in [0.2, 0.25) is 0 Å². The van der Waals surface area contributed by atoms with Gasteiger partial charge in [0.15, 0.2) is 11.5 Å². The summed E-state index contributed by atoms with van der Waals surface area (Å²) in [5.41, 5.74) is 1.45. The molecule has 1 fully saturated rings. The second-order valence-electron chi connectivity index (χ2n) is 7.25. The van der Waals surface area contributed by atoms with Crippen molar-refractivity contribution in [3.05, 3.63) is 59.7 Å². The van der Waals surface area contributed by atoms with Gasteiger partial charge in [-0.2, -0.15) is 0 Å². The SMILES string of the molecule is COc1ccc(/C=C/C(=O)N2CCC(NC(=O)c3ccc(OC)c(OC)c3)CC2)cc1. The molecule has 0 saturated carbocycles. The fraction of sp³-hybridized carbons (Fsp3) is 0.333. The maximum Gasteiger partial charge on any atom is 0.251 e. The summed E-state index contributed by atoms with van der Waals surface area (Å²) in [5.74, 6) is 1.68. The van der Waals surface area contributed by atoms with Crippen LogP contribution in [0, 0.1) is 0 Å². The third-order valence-electron chi connectivity index (χ3n) is 5.32. The maximum absolute atomic E-state index is 12.6. The molecule has 3 rings (SSSR count). The lowest BCUT2D eigenvalue weighted by atomic mass is 10.0. The minimum atomic E-state index is -0.162. The quantitative estimate of drug-likeness (QED) is 0.691. The molecule has 0 radical (unpaired) electrons. The molecular weight excluding hydrogens is 396 g/mol. The van der Waals surface area contributed by atoms with Crippen LogP contribution in [0.4, 0.5) is 0 Å². The highest BCUT2D eigenvalue weighted by molar-refractivity contribution is 5.95. The van der Waals surface area contributed by atoms with E-state index in [0.29, 0.717) is 43.0 Å². The Kier molecular flexibility index (Phi) is 7.54. The first-order chi connectivity index (χ1) is 15.0. The summed E-state index contributed by atoms with van der Waals surface area (Å²) in [7, 11) is 4.71. The fourth-order valence-corrected chi connectivity index (χ4v) is 3.48. The highest BCUT2D eigenvalue weighted by Crippen LogP contribution is 2.27. The van der Waals surface area contributed by atoms with E-state index in [2.05, 4.69) is 5.32 Å². The van der Waals surface area contributed by atoms with Gasteiger partial charge in [-0.05, 0) is 54.8 Å². The number of nitrogens with one attached hydrogen (secondary N) is 1. The Morgan fingerprint density at radius 3 is 2.23 bits per heavy atom. The van der Waals surface area contributed by atoms with Crippen molar-refractivity contribution in [2.24, 2.45) is 0 Å². The zero-order valence-electron chi connectivity index (χ0n) is 18.1. The van der Waals surface area contributed by atoms with Gasteiger partial charge in [-0.25, -0.2) is 0 Å². The summed E-state index contributed by atoms with van der Waals surface area (Å²) >= 11 is 0. The molecule has 0 aromatic heterocycles. The Labute approximate surface area is 182 Å². The van der Waals surface area contributed by atoms with E-state index in [9.17, 15) is 9.59 Å². The summed E-state index contributed by atoms with van der Waals surface area (Å²) in [5, 5.41) is 3.05. The molecule has 1 heterocycles. The molecule has 1 aliphatic heterocycles. The first kappa shape index (κ1) is 22.2. The number of likely N-dealkylation sites (tertiary alicyclic amines) is 1. The van der Waals surface area contributed by atoms with Gasteiger partial charge in [0.25, 0.3) is 5.91 Å².